The van der Waals surface area contributed by atoms with E-state index in [0.717, 1.165) is 32.2 Å². The molecule has 0 aliphatic carbocycles. The quantitative estimate of drug-likeness (QED) is 0.775. The molecule has 1 fully saturated rings. The number of carbonyl (C=O) groups is 1. The van der Waals surface area contributed by atoms with Crippen LogP contribution in [0.2, 0.25) is 0 Å². The first-order valence-corrected chi connectivity index (χ1v) is 7.57. The first-order valence-electron chi connectivity index (χ1n) is 7.57. The number of hydrogen-bond acceptors (Lipinski definition) is 3. The minimum Gasteiger partial charge on any atom is -0.393 e. The van der Waals surface area contributed by atoms with Crippen LogP contribution < -0.4 is 5.32 Å². The Balaban J connectivity index is 2.50. The van der Waals surface area contributed by atoms with Gasteiger partial charge in [0.25, 0.3) is 0 Å². The molecule has 1 saturated heterocycles. The van der Waals surface area contributed by atoms with E-state index in [9.17, 15) is 9.90 Å². The zero-order valence-corrected chi connectivity index (χ0v) is 12.9. The SMILES string of the molecule is CCC(C)(C)NC(=O)CN1CCCCC1CC(C)O. The molecule has 2 N–H and O–H groups in total. The van der Waals surface area contributed by atoms with Crippen molar-refractivity contribution in [3.63, 3.8) is 0 Å². The first-order chi connectivity index (χ1) is 8.84. The van der Waals surface area contributed by atoms with Crippen LogP contribution in [-0.4, -0.2) is 46.7 Å². The molecule has 0 saturated carbocycles. The van der Waals surface area contributed by atoms with Crippen LogP contribution in [0, 0.1) is 0 Å². The number of carbonyl (C=O) groups excluding carboxylic acids is 1. The number of nitrogens with one attached hydrogen (secondary N) is 1. The fourth-order valence-electron chi connectivity index (χ4n) is 2.62. The zero-order chi connectivity index (χ0) is 14.5. The second kappa shape index (κ2) is 7.25. The Bertz CT molecular complexity index is 290. The maximum Gasteiger partial charge on any atom is 0.234 e. The predicted octanol–water partition coefficient (Wildman–Crippen LogP) is 1.92. The molecule has 4 heteroatoms. The van der Waals surface area contributed by atoms with Crippen LogP contribution in [0.1, 0.15) is 59.8 Å². The Morgan fingerprint density at radius 2 is 2.16 bits per heavy atom. The highest BCUT2D eigenvalue weighted by Crippen LogP contribution is 2.20. The van der Waals surface area contributed by atoms with E-state index in [1.807, 2.05) is 20.8 Å². The Hall–Kier alpha value is -0.610. The Labute approximate surface area is 117 Å². The average molecular weight is 270 g/mol. The molecular weight excluding hydrogens is 240 g/mol. The van der Waals surface area contributed by atoms with Crippen molar-refractivity contribution in [1.82, 2.24) is 10.2 Å². The number of likely N-dealkylation sites (tertiary alicyclic amines) is 1. The third-order valence-electron chi connectivity index (χ3n) is 4.07. The molecule has 19 heavy (non-hydrogen) atoms. The third kappa shape index (κ3) is 5.91. The standard InChI is InChI=1S/C15H30N2O2/c1-5-15(3,4)16-14(19)11-17-9-7-6-8-13(17)10-12(2)18/h12-13,18H,5-11H2,1-4H3,(H,16,19). The van der Waals surface area contributed by atoms with Gasteiger partial charge in [0.15, 0.2) is 0 Å². The first kappa shape index (κ1) is 16.4. The van der Waals surface area contributed by atoms with Crippen LogP contribution in [-0.2, 0) is 4.79 Å². The minimum atomic E-state index is -0.291. The van der Waals surface area contributed by atoms with Crippen molar-refractivity contribution >= 4 is 5.91 Å². The van der Waals surface area contributed by atoms with Crippen molar-refractivity contribution in [2.75, 3.05) is 13.1 Å². The third-order valence-corrected chi connectivity index (χ3v) is 4.07. The Morgan fingerprint density at radius 3 is 2.74 bits per heavy atom. The normalized spacial score (nSPS) is 23.1. The van der Waals surface area contributed by atoms with E-state index in [1.165, 1.54) is 6.42 Å². The minimum absolute atomic E-state index is 0.101. The summed E-state index contributed by atoms with van der Waals surface area (Å²) in [5.74, 6) is 0.101. The van der Waals surface area contributed by atoms with Gasteiger partial charge in [-0.25, -0.2) is 0 Å². The van der Waals surface area contributed by atoms with E-state index in [1.54, 1.807) is 0 Å². The molecule has 1 heterocycles. The largest absolute Gasteiger partial charge is 0.393 e. The smallest absolute Gasteiger partial charge is 0.234 e. The fourth-order valence-corrected chi connectivity index (χ4v) is 2.62. The van der Waals surface area contributed by atoms with E-state index < -0.39 is 0 Å². The second-order valence-corrected chi connectivity index (χ2v) is 6.49. The lowest BCUT2D eigenvalue weighted by Gasteiger charge is -2.36. The summed E-state index contributed by atoms with van der Waals surface area (Å²) >= 11 is 0. The van der Waals surface area contributed by atoms with Crippen molar-refractivity contribution in [2.24, 2.45) is 0 Å². The summed E-state index contributed by atoms with van der Waals surface area (Å²) in [6, 6.07) is 0.351. The Kier molecular flexibility index (Phi) is 6.27. The fraction of sp³-hybridized carbons (Fsp3) is 0.933. The van der Waals surface area contributed by atoms with Crippen molar-refractivity contribution in [3.8, 4) is 0 Å². The lowest BCUT2D eigenvalue weighted by atomic mass is 9.97. The highest BCUT2D eigenvalue weighted by molar-refractivity contribution is 5.78. The van der Waals surface area contributed by atoms with Gasteiger partial charge < -0.3 is 10.4 Å². The molecule has 0 spiro atoms. The van der Waals surface area contributed by atoms with Crippen LogP contribution in [0.25, 0.3) is 0 Å². The summed E-state index contributed by atoms with van der Waals surface area (Å²) in [5, 5.41) is 12.6. The van der Waals surface area contributed by atoms with E-state index in [0.29, 0.717) is 12.6 Å². The van der Waals surface area contributed by atoms with Gasteiger partial charge >= 0.3 is 0 Å². The molecule has 0 aromatic rings. The number of hydrogen-bond donors (Lipinski definition) is 2. The topological polar surface area (TPSA) is 52.6 Å². The number of piperidine rings is 1. The molecule has 1 aliphatic rings. The molecule has 1 amide bonds. The molecule has 0 bridgehead atoms. The monoisotopic (exact) mass is 270 g/mol. The van der Waals surface area contributed by atoms with Crippen molar-refractivity contribution in [2.45, 2.75) is 77.5 Å². The summed E-state index contributed by atoms with van der Waals surface area (Å²) < 4.78 is 0. The van der Waals surface area contributed by atoms with Gasteiger partial charge in [-0.15, -0.1) is 0 Å². The predicted molar refractivity (Wildman–Crippen MR) is 78.0 cm³/mol. The number of nitrogens with zero attached hydrogens (tertiary/aromatic N) is 1. The molecule has 2 atom stereocenters. The summed E-state index contributed by atoms with van der Waals surface area (Å²) in [6.07, 6.45) is 4.85. The highest BCUT2D eigenvalue weighted by atomic mass is 16.3. The van der Waals surface area contributed by atoms with Gasteiger partial charge in [0.1, 0.15) is 0 Å². The van der Waals surface area contributed by atoms with E-state index in [4.69, 9.17) is 0 Å². The van der Waals surface area contributed by atoms with Gasteiger partial charge in [-0.1, -0.05) is 13.3 Å². The molecule has 0 radical (unpaired) electrons. The highest BCUT2D eigenvalue weighted by Gasteiger charge is 2.26. The van der Waals surface area contributed by atoms with Gasteiger partial charge in [0, 0.05) is 11.6 Å². The van der Waals surface area contributed by atoms with Crippen LogP contribution in [0.15, 0.2) is 0 Å². The van der Waals surface area contributed by atoms with Crippen LogP contribution in [0.4, 0.5) is 0 Å². The lowest BCUT2D eigenvalue weighted by Crippen LogP contribution is -2.51. The van der Waals surface area contributed by atoms with Gasteiger partial charge in [-0.2, -0.15) is 0 Å². The molecule has 4 nitrogen and oxygen atoms in total. The number of amides is 1. The molecule has 1 aliphatic heterocycles. The summed E-state index contributed by atoms with van der Waals surface area (Å²) in [5.41, 5.74) is -0.132. The molecular formula is C15H30N2O2. The lowest BCUT2D eigenvalue weighted by molar-refractivity contribution is -0.125. The van der Waals surface area contributed by atoms with Crippen molar-refractivity contribution < 1.29 is 9.90 Å². The molecule has 2 unspecified atom stereocenters. The molecule has 0 aromatic heterocycles. The van der Waals surface area contributed by atoms with Crippen LogP contribution in [0.5, 0.6) is 0 Å². The van der Waals surface area contributed by atoms with Gasteiger partial charge in [0.05, 0.1) is 12.6 Å². The van der Waals surface area contributed by atoms with Crippen molar-refractivity contribution in [3.05, 3.63) is 0 Å². The summed E-state index contributed by atoms with van der Waals surface area (Å²) in [7, 11) is 0. The molecule has 1 rings (SSSR count). The van der Waals surface area contributed by atoms with Gasteiger partial charge in [-0.3, -0.25) is 9.69 Å². The number of aliphatic hydroxyl groups is 1. The molecule has 0 aromatic carbocycles. The maximum absolute atomic E-state index is 12.1. The maximum atomic E-state index is 12.1. The summed E-state index contributed by atoms with van der Waals surface area (Å²) in [6.45, 7) is 9.44. The van der Waals surface area contributed by atoms with Gasteiger partial charge in [0.2, 0.25) is 5.91 Å². The van der Waals surface area contributed by atoms with Gasteiger partial charge in [-0.05, 0) is 53.0 Å². The van der Waals surface area contributed by atoms with E-state index >= 15 is 0 Å². The molecule has 112 valence electrons. The average Bonchev–Trinajstić information content (AvgIpc) is 2.30. The number of aliphatic hydroxyl groups excluding tert-OH is 1. The van der Waals surface area contributed by atoms with E-state index in [2.05, 4.69) is 17.1 Å². The van der Waals surface area contributed by atoms with Crippen LogP contribution in [0.3, 0.4) is 0 Å². The van der Waals surface area contributed by atoms with E-state index in [-0.39, 0.29) is 17.6 Å². The Morgan fingerprint density at radius 1 is 1.47 bits per heavy atom. The van der Waals surface area contributed by atoms with Crippen LogP contribution >= 0.6 is 0 Å². The summed E-state index contributed by atoms with van der Waals surface area (Å²) in [4.78, 5) is 14.3. The zero-order valence-electron chi connectivity index (χ0n) is 12.9. The second-order valence-electron chi connectivity index (χ2n) is 6.49. The number of rotatable bonds is 6. The van der Waals surface area contributed by atoms with Crippen molar-refractivity contribution in [1.29, 1.82) is 0 Å².